The van der Waals surface area contributed by atoms with Crippen molar-refractivity contribution in [1.82, 2.24) is 29.9 Å². The van der Waals surface area contributed by atoms with Gasteiger partial charge in [-0.05, 0) is 68.3 Å². The topological polar surface area (TPSA) is 81.4 Å². The summed E-state index contributed by atoms with van der Waals surface area (Å²) in [5, 5.41) is 8.40. The SMILES string of the molecule is F[C@H]1CN2CCC[C@@]2(COc2nc3c(c(N4CCCn5nncc5C4)n2)COC2(CCCc4ccc(Br)cc42)C3)C1. The fraction of sp³-hybridized carbons (Fsp3) is 0.600. The van der Waals surface area contributed by atoms with Crippen molar-refractivity contribution in [1.29, 1.82) is 0 Å². The second-order valence-electron chi connectivity index (χ2n) is 12.5. The minimum absolute atomic E-state index is 0.251. The number of ether oxygens (including phenoxy) is 2. The van der Waals surface area contributed by atoms with Crippen LogP contribution in [-0.2, 0) is 42.9 Å². The van der Waals surface area contributed by atoms with Crippen molar-refractivity contribution >= 4 is 21.7 Å². The Hall–Kier alpha value is -2.63. The number of anilines is 1. The minimum atomic E-state index is -0.794. The molecule has 0 amide bonds. The first-order valence-electron chi connectivity index (χ1n) is 15.0. The molecule has 0 bridgehead atoms. The normalized spacial score (nSPS) is 29.1. The largest absolute Gasteiger partial charge is 0.461 e. The van der Waals surface area contributed by atoms with E-state index in [0.717, 1.165) is 85.4 Å². The van der Waals surface area contributed by atoms with Gasteiger partial charge in [0.05, 0.1) is 41.9 Å². The Balaban J connectivity index is 1.17. The third kappa shape index (κ3) is 4.46. The number of fused-ring (bicyclic) bond motifs is 5. The first-order chi connectivity index (χ1) is 20.0. The second kappa shape index (κ2) is 9.98. The fourth-order valence-electron chi connectivity index (χ4n) is 7.97. The van der Waals surface area contributed by atoms with Gasteiger partial charge in [-0.15, -0.1) is 5.10 Å². The van der Waals surface area contributed by atoms with Gasteiger partial charge < -0.3 is 14.4 Å². The summed E-state index contributed by atoms with van der Waals surface area (Å²) in [6.45, 7) is 4.64. The van der Waals surface area contributed by atoms with Crippen LogP contribution in [0, 0.1) is 0 Å². The predicted octanol–water partition coefficient (Wildman–Crippen LogP) is 4.50. The number of benzene rings is 1. The lowest BCUT2D eigenvalue weighted by atomic mass is 9.75. The van der Waals surface area contributed by atoms with Crippen LogP contribution in [0.5, 0.6) is 6.01 Å². The number of hydrogen-bond acceptors (Lipinski definition) is 8. The van der Waals surface area contributed by atoms with Crippen molar-refractivity contribution in [3.63, 3.8) is 0 Å². The first kappa shape index (κ1) is 26.0. The first-order valence-corrected chi connectivity index (χ1v) is 15.8. The van der Waals surface area contributed by atoms with Crippen molar-refractivity contribution < 1.29 is 13.9 Å². The molecule has 8 rings (SSSR count). The highest BCUT2D eigenvalue weighted by Crippen LogP contribution is 2.47. The average molecular weight is 625 g/mol. The summed E-state index contributed by atoms with van der Waals surface area (Å²) in [5.41, 5.74) is 5.05. The van der Waals surface area contributed by atoms with E-state index in [1.54, 1.807) is 0 Å². The van der Waals surface area contributed by atoms with E-state index in [1.165, 1.54) is 11.1 Å². The standard InChI is InChI=1S/C30H35BrFN7O2/c31-21-6-5-20-4-1-8-30(25(20)12-21)14-26-24(18-41-30)27(37-9-3-11-39-23(17-37)15-33-36-39)35-28(34-26)40-19-29-7-2-10-38(29)16-22(32)13-29/h5-6,12,15,22H,1-4,7-11,13-14,16-19H2/t22-,29+,30?/m1/s1. The number of aromatic nitrogens is 5. The molecule has 0 N–H and O–H groups in total. The van der Waals surface area contributed by atoms with Crippen molar-refractivity contribution in [2.45, 2.75) is 88.4 Å². The van der Waals surface area contributed by atoms with Gasteiger partial charge in [-0.25, -0.2) is 9.07 Å². The summed E-state index contributed by atoms with van der Waals surface area (Å²) >= 11 is 3.69. The van der Waals surface area contributed by atoms with Crippen LogP contribution in [0.3, 0.4) is 0 Å². The van der Waals surface area contributed by atoms with Gasteiger partial charge >= 0.3 is 6.01 Å². The fourth-order valence-corrected chi connectivity index (χ4v) is 8.34. The quantitative estimate of drug-likeness (QED) is 0.420. The van der Waals surface area contributed by atoms with Crippen molar-refractivity contribution in [3.05, 3.63) is 56.9 Å². The molecular weight excluding hydrogens is 589 g/mol. The van der Waals surface area contributed by atoms with Crippen LogP contribution < -0.4 is 9.64 Å². The molecule has 2 aromatic heterocycles. The van der Waals surface area contributed by atoms with Gasteiger partial charge in [0.1, 0.15) is 18.6 Å². The van der Waals surface area contributed by atoms with Crippen molar-refractivity contribution in [2.75, 3.05) is 31.1 Å². The zero-order valence-electron chi connectivity index (χ0n) is 23.2. The van der Waals surface area contributed by atoms with E-state index >= 15 is 0 Å². The monoisotopic (exact) mass is 623 g/mol. The molecule has 216 valence electrons. The summed E-state index contributed by atoms with van der Waals surface area (Å²) < 4.78 is 30.8. The van der Waals surface area contributed by atoms with Gasteiger partial charge in [0, 0.05) is 42.5 Å². The molecule has 6 heterocycles. The molecule has 3 aromatic rings. The minimum Gasteiger partial charge on any atom is -0.461 e. The Kier molecular flexibility index (Phi) is 6.34. The lowest BCUT2D eigenvalue weighted by Crippen LogP contribution is -2.44. The molecule has 1 unspecified atom stereocenters. The average Bonchev–Trinajstić information content (AvgIpc) is 3.61. The zero-order valence-corrected chi connectivity index (χ0v) is 24.8. The maximum atomic E-state index is 14.5. The maximum absolute atomic E-state index is 14.5. The number of aryl methyl sites for hydroxylation is 2. The molecule has 0 saturated carbocycles. The number of hydrogen-bond donors (Lipinski definition) is 0. The van der Waals surface area contributed by atoms with Gasteiger partial charge in [-0.3, -0.25) is 4.90 Å². The van der Waals surface area contributed by atoms with Crippen LogP contribution in [0.4, 0.5) is 10.2 Å². The molecule has 5 aliphatic rings. The van der Waals surface area contributed by atoms with E-state index in [4.69, 9.17) is 19.4 Å². The van der Waals surface area contributed by atoms with Crippen LogP contribution in [0.15, 0.2) is 28.9 Å². The highest BCUT2D eigenvalue weighted by atomic mass is 79.9. The van der Waals surface area contributed by atoms with Crippen LogP contribution >= 0.6 is 15.9 Å². The molecular formula is C30H35BrFN7O2. The molecule has 3 atom stereocenters. The van der Waals surface area contributed by atoms with E-state index in [1.807, 2.05) is 10.9 Å². The molecule has 4 aliphatic heterocycles. The highest BCUT2D eigenvalue weighted by Gasteiger charge is 2.50. The van der Waals surface area contributed by atoms with E-state index in [0.29, 0.717) is 45.2 Å². The Morgan fingerprint density at radius 3 is 3.02 bits per heavy atom. The molecule has 2 fully saturated rings. The zero-order chi connectivity index (χ0) is 27.6. The number of rotatable bonds is 4. The molecule has 0 radical (unpaired) electrons. The van der Waals surface area contributed by atoms with E-state index < -0.39 is 11.8 Å². The predicted molar refractivity (Wildman–Crippen MR) is 154 cm³/mol. The van der Waals surface area contributed by atoms with Crippen LogP contribution in [0.1, 0.15) is 66.6 Å². The van der Waals surface area contributed by atoms with E-state index in [-0.39, 0.29) is 5.54 Å². The Morgan fingerprint density at radius 2 is 2.07 bits per heavy atom. The third-order valence-electron chi connectivity index (χ3n) is 9.96. The Labute approximate surface area is 247 Å². The lowest BCUT2D eigenvalue weighted by Gasteiger charge is -2.43. The molecule has 11 heteroatoms. The Morgan fingerprint density at radius 1 is 1.12 bits per heavy atom. The van der Waals surface area contributed by atoms with Crippen molar-refractivity contribution in [3.8, 4) is 6.01 Å². The van der Waals surface area contributed by atoms with Crippen LogP contribution in [-0.4, -0.2) is 67.8 Å². The summed E-state index contributed by atoms with van der Waals surface area (Å²) in [7, 11) is 0. The van der Waals surface area contributed by atoms with E-state index in [9.17, 15) is 4.39 Å². The van der Waals surface area contributed by atoms with Crippen LogP contribution in [0.2, 0.25) is 0 Å². The molecule has 9 nitrogen and oxygen atoms in total. The van der Waals surface area contributed by atoms with Gasteiger partial charge in [0.2, 0.25) is 0 Å². The highest BCUT2D eigenvalue weighted by molar-refractivity contribution is 9.10. The van der Waals surface area contributed by atoms with E-state index in [2.05, 4.69) is 54.2 Å². The van der Waals surface area contributed by atoms with Gasteiger partial charge in [0.25, 0.3) is 0 Å². The number of alkyl halides is 1. The molecule has 1 spiro atoms. The summed E-state index contributed by atoms with van der Waals surface area (Å²) in [6, 6.07) is 6.96. The molecule has 41 heavy (non-hydrogen) atoms. The molecule has 1 aromatic carbocycles. The summed E-state index contributed by atoms with van der Waals surface area (Å²) in [6.07, 6.45) is 8.32. The second-order valence-corrected chi connectivity index (χ2v) is 13.4. The summed E-state index contributed by atoms with van der Waals surface area (Å²) in [5.74, 6) is 0.871. The van der Waals surface area contributed by atoms with Gasteiger partial charge in [-0.2, -0.15) is 9.97 Å². The number of nitrogens with zero attached hydrogens (tertiary/aromatic N) is 7. The van der Waals surface area contributed by atoms with Crippen LogP contribution in [0.25, 0.3) is 0 Å². The van der Waals surface area contributed by atoms with Gasteiger partial charge in [-0.1, -0.05) is 27.2 Å². The molecule has 2 saturated heterocycles. The lowest BCUT2D eigenvalue weighted by molar-refractivity contribution is -0.0856. The molecule has 1 aliphatic carbocycles. The van der Waals surface area contributed by atoms with Gasteiger partial charge in [0.15, 0.2) is 0 Å². The Bertz CT molecular complexity index is 1490. The summed E-state index contributed by atoms with van der Waals surface area (Å²) in [4.78, 5) is 14.7. The third-order valence-corrected chi connectivity index (χ3v) is 10.5. The maximum Gasteiger partial charge on any atom is 0.318 e. The van der Waals surface area contributed by atoms with Crippen molar-refractivity contribution in [2.24, 2.45) is 0 Å². The number of halogens is 2. The smallest absolute Gasteiger partial charge is 0.318 e.